The van der Waals surface area contributed by atoms with Gasteiger partial charge < -0.3 is 10.1 Å². The lowest BCUT2D eigenvalue weighted by Crippen LogP contribution is -2.18. The minimum absolute atomic E-state index is 0.139. The van der Waals surface area contributed by atoms with E-state index in [9.17, 15) is 9.59 Å². The van der Waals surface area contributed by atoms with E-state index in [1.165, 1.54) is 6.20 Å². The number of carbonyl (C=O) groups excluding carboxylic acids is 2. The van der Waals surface area contributed by atoms with Gasteiger partial charge in [0.15, 0.2) is 0 Å². The first-order chi connectivity index (χ1) is 11.5. The van der Waals surface area contributed by atoms with E-state index in [-0.39, 0.29) is 22.8 Å². The monoisotopic (exact) mass is 363 g/mol. The van der Waals surface area contributed by atoms with Crippen LogP contribution in [0.2, 0.25) is 10.0 Å². The molecule has 0 radical (unpaired) electrons. The van der Waals surface area contributed by atoms with Crippen molar-refractivity contribution in [3.05, 3.63) is 75.9 Å². The third-order valence-corrected chi connectivity index (χ3v) is 3.67. The van der Waals surface area contributed by atoms with Crippen LogP contribution in [-0.2, 0) is 9.53 Å². The molecule has 0 aliphatic carbocycles. The van der Waals surface area contributed by atoms with Crippen molar-refractivity contribution in [2.45, 2.75) is 6.92 Å². The first-order valence-corrected chi connectivity index (χ1v) is 7.97. The van der Waals surface area contributed by atoms with Crippen LogP contribution in [0.3, 0.4) is 0 Å². The third kappa shape index (κ3) is 4.60. The van der Waals surface area contributed by atoms with Gasteiger partial charge in [0.1, 0.15) is 5.57 Å². The number of rotatable bonds is 6. The molecule has 0 fully saturated rings. The van der Waals surface area contributed by atoms with Crippen LogP contribution in [0.25, 0.3) is 0 Å². The van der Waals surface area contributed by atoms with Crippen LogP contribution in [-0.4, -0.2) is 18.4 Å². The number of hydrogen-bond donors (Lipinski definition) is 1. The molecule has 0 aliphatic heterocycles. The number of anilines is 1. The molecule has 6 heteroatoms. The Bertz CT molecular complexity index is 770. The lowest BCUT2D eigenvalue weighted by molar-refractivity contribution is -0.138. The SMILES string of the molecule is CCOC(=O)/C(=C/Nc1ccc(Cl)cc1)C(=O)c1ccccc1Cl. The molecule has 0 amide bonds. The van der Waals surface area contributed by atoms with Gasteiger partial charge in [0.2, 0.25) is 5.78 Å². The van der Waals surface area contributed by atoms with Gasteiger partial charge in [0.25, 0.3) is 0 Å². The average molecular weight is 364 g/mol. The summed E-state index contributed by atoms with van der Waals surface area (Å²) in [7, 11) is 0. The number of carbonyl (C=O) groups is 2. The van der Waals surface area contributed by atoms with Crippen molar-refractivity contribution < 1.29 is 14.3 Å². The van der Waals surface area contributed by atoms with Gasteiger partial charge in [-0.3, -0.25) is 4.79 Å². The fourth-order valence-electron chi connectivity index (χ4n) is 1.92. The number of benzene rings is 2. The lowest BCUT2D eigenvalue weighted by Gasteiger charge is -2.09. The van der Waals surface area contributed by atoms with Crippen molar-refractivity contribution in [3.8, 4) is 0 Å². The molecule has 1 N–H and O–H groups in total. The minimum Gasteiger partial charge on any atom is -0.462 e. The van der Waals surface area contributed by atoms with Gasteiger partial charge in [-0.1, -0.05) is 35.3 Å². The van der Waals surface area contributed by atoms with E-state index in [1.54, 1.807) is 55.5 Å². The summed E-state index contributed by atoms with van der Waals surface area (Å²) in [4.78, 5) is 24.8. The summed E-state index contributed by atoms with van der Waals surface area (Å²) in [6.45, 7) is 1.83. The number of ether oxygens (including phenoxy) is 1. The van der Waals surface area contributed by atoms with E-state index in [2.05, 4.69) is 5.32 Å². The molecule has 2 aromatic rings. The molecule has 2 rings (SSSR count). The van der Waals surface area contributed by atoms with E-state index in [4.69, 9.17) is 27.9 Å². The van der Waals surface area contributed by atoms with Crippen LogP contribution in [0.15, 0.2) is 60.3 Å². The van der Waals surface area contributed by atoms with E-state index < -0.39 is 11.8 Å². The summed E-state index contributed by atoms with van der Waals surface area (Å²) < 4.78 is 4.96. The highest BCUT2D eigenvalue weighted by Gasteiger charge is 2.22. The second kappa shape index (κ2) is 8.52. The zero-order valence-electron chi connectivity index (χ0n) is 12.9. The molecular weight excluding hydrogens is 349 g/mol. The fraction of sp³-hybridized carbons (Fsp3) is 0.111. The van der Waals surface area contributed by atoms with Crippen molar-refractivity contribution in [2.75, 3.05) is 11.9 Å². The van der Waals surface area contributed by atoms with Gasteiger partial charge >= 0.3 is 5.97 Å². The summed E-state index contributed by atoms with van der Waals surface area (Å²) >= 11 is 11.9. The van der Waals surface area contributed by atoms with Crippen LogP contribution in [0, 0.1) is 0 Å². The van der Waals surface area contributed by atoms with Gasteiger partial charge in [-0.2, -0.15) is 0 Å². The normalized spacial score (nSPS) is 11.0. The third-order valence-electron chi connectivity index (χ3n) is 3.09. The van der Waals surface area contributed by atoms with Crippen molar-refractivity contribution in [3.63, 3.8) is 0 Å². The molecule has 0 atom stereocenters. The maximum absolute atomic E-state index is 12.6. The summed E-state index contributed by atoms with van der Waals surface area (Å²) in [5.74, 6) is -1.23. The summed E-state index contributed by atoms with van der Waals surface area (Å²) in [6.07, 6.45) is 1.31. The summed E-state index contributed by atoms with van der Waals surface area (Å²) in [6, 6.07) is 13.4. The predicted octanol–water partition coefficient (Wildman–Crippen LogP) is 4.74. The molecule has 0 spiro atoms. The Morgan fingerprint density at radius 1 is 1.08 bits per heavy atom. The Labute approximate surface area is 150 Å². The standard InChI is InChI=1S/C18H15Cl2NO3/c1-2-24-18(23)15(11-21-13-9-7-12(19)8-10-13)17(22)14-5-3-4-6-16(14)20/h3-11,21H,2H2,1H3/b15-11+. The van der Waals surface area contributed by atoms with Crippen LogP contribution >= 0.6 is 23.2 Å². The number of ketones is 1. The van der Waals surface area contributed by atoms with Crippen molar-refractivity contribution in [2.24, 2.45) is 0 Å². The summed E-state index contributed by atoms with van der Waals surface area (Å²) in [5, 5.41) is 3.75. The van der Waals surface area contributed by atoms with E-state index >= 15 is 0 Å². The number of nitrogens with one attached hydrogen (secondary N) is 1. The van der Waals surface area contributed by atoms with Crippen molar-refractivity contribution >= 4 is 40.6 Å². The second-order valence-corrected chi connectivity index (χ2v) is 5.58. The summed E-state index contributed by atoms with van der Waals surface area (Å²) in [5.41, 5.74) is 0.768. The number of Topliss-reactive ketones (excluding diaryl/α,β-unsaturated/α-hetero) is 1. The molecule has 0 heterocycles. The Balaban J connectivity index is 2.32. The van der Waals surface area contributed by atoms with Crippen molar-refractivity contribution in [1.29, 1.82) is 0 Å². The topological polar surface area (TPSA) is 55.4 Å². The van der Waals surface area contributed by atoms with Gasteiger partial charge in [-0.25, -0.2) is 4.79 Å². The van der Waals surface area contributed by atoms with Crippen LogP contribution < -0.4 is 5.32 Å². The second-order valence-electron chi connectivity index (χ2n) is 4.74. The molecule has 0 aliphatic rings. The molecule has 0 saturated heterocycles. The molecule has 4 nitrogen and oxygen atoms in total. The zero-order chi connectivity index (χ0) is 17.5. The molecule has 24 heavy (non-hydrogen) atoms. The molecule has 124 valence electrons. The smallest absolute Gasteiger partial charge is 0.343 e. The molecule has 0 bridgehead atoms. The number of hydrogen-bond acceptors (Lipinski definition) is 4. The van der Waals surface area contributed by atoms with Crippen molar-refractivity contribution in [1.82, 2.24) is 0 Å². The minimum atomic E-state index is -0.719. The Morgan fingerprint density at radius 2 is 1.75 bits per heavy atom. The van der Waals surface area contributed by atoms with E-state index in [0.29, 0.717) is 10.7 Å². The molecule has 0 saturated carbocycles. The molecular formula is C18H15Cl2NO3. The van der Waals surface area contributed by atoms with Gasteiger partial charge in [0.05, 0.1) is 11.6 Å². The molecule has 2 aromatic carbocycles. The predicted molar refractivity (Wildman–Crippen MR) is 95.6 cm³/mol. The highest BCUT2D eigenvalue weighted by molar-refractivity contribution is 6.37. The first kappa shape index (κ1) is 18.0. The van der Waals surface area contributed by atoms with Gasteiger partial charge in [0, 0.05) is 22.5 Å². The maximum Gasteiger partial charge on any atom is 0.343 e. The molecule has 0 aromatic heterocycles. The van der Waals surface area contributed by atoms with Gasteiger partial charge in [-0.15, -0.1) is 0 Å². The van der Waals surface area contributed by atoms with E-state index in [0.717, 1.165) is 0 Å². The maximum atomic E-state index is 12.6. The van der Waals surface area contributed by atoms with E-state index in [1.807, 2.05) is 0 Å². The Morgan fingerprint density at radius 3 is 2.38 bits per heavy atom. The first-order valence-electron chi connectivity index (χ1n) is 7.21. The highest BCUT2D eigenvalue weighted by atomic mass is 35.5. The zero-order valence-corrected chi connectivity index (χ0v) is 14.4. The number of halogens is 2. The fourth-order valence-corrected chi connectivity index (χ4v) is 2.27. The van der Waals surface area contributed by atoms with Gasteiger partial charge in [-0.05, 0) is 43.3 Å². The van der Waals surface area contributed by atoms with Crippen LogP contribution in [0.1, 0.15) is 17.3 Å². The lowest BCUT2D eigenvalue weighted by atomic mass is 10.0. The average Bonchev–Trinajstić information content (AvgIpc) is 2.57. The van der Waals surface area contributed by atoms with Crippen LogP contribution in [0.4, 0.5) is 5.69 Å². The molecule has 0 unspecified atom stereocenters. The largest absolute Gasteiger partial charge is 0.462 e. The number of esters is 1. The highest BCUT2D eigenvalue weighted by Crippen LogP contribution is 2.20. The Kier molecular flexibility index (Phi) is 6.41. The quantitative estimate of drug-likeness (QED) is 0.265. The Hall–Kier alpha value is -2.30. The van der Waals surface area contributed by atoms with Crippen LogP contribution in [0.5, 0.6) is 0 Å².